The van der Waals surface area contributed by atoms with Gasteiger partial charge in [-0.15, -0.1) is 0 Å². The Labute approximate surface area is 111 Å². The van der Waals surface area contributed by atoms with E-state index in [1.165, 1.54) is 6.07 Å². The molecule has 2 nitrogen and oxygen atoms in total. The number of fused-ring (bicyclic) bond motifs is 1. The van der Waals surface area contributed by atoms with Crippen LogP contribution in [0.2, 0.25) is 0 Å². The number of nitrogens with one attached hydrogen (secondary N) is 1. The molecular weight excluding hydrogens is 249 g/mol. The second kappa shape index (κ2) is 6.25. The predicted molar refractivity (Wildman–Crippen MR) is 75.6 cm³/mol. The molecule has 1 unspecified atom stereocenters. The van der Waals surface area contributed by atoms with Crippen molar-refractivity contribution in [2.45, 2.75) is 19.4 Å². The summed E-state index contributed by atoms with van der Waals surface area (Å²) in [4.78, 5) is 0. The van der Waals surface area contributed by atoms with Gasteiger partial charge >= 0.3 is 0 Å². The molecule has 1 atom stereocenters. The summed E-state index contributed by atoms with van der Waals surface area (Å²) in [6.07, 6.45) is 1.16. The summed E-state index contributed by atoms with van der Waals surface area (Å²) >= 11 is 1.88. The fourth-order valence-electron chi connectivity index (χ4n) is 1.87. The highest BCUT2D eigenvalue weighted by atomic mass is 32.2. The van der Waals surface area contributed by atoms with Crippen LogP contribution < -0.4 is 5.32 Å². The molecule has 4 heteroatoms. The number of hydrogen-bond donors (Lipinski definition) is 1. The Bertz CT molecular complexity index is 511. The SMILES string of the molecule is CCCSCC(NC)c1cc2cccc(F)c2o1. The normalized spacial score (nSPS) is 13.1. The first-order valence-corrected chi connectivity index (χ1v) is 7.34. The molecule has 0 fully saturated rings. The topological polar surface area (TPSA) is 25.2 Å². The predicted octanol–water partition coefficient (Wildman–Crippen LogP) is 3.98. The number of halogens is 1. The van der Waals surface area contributed by atoms with E-state index in [9.17, 15) is 4.39 Å². The van der Waals surface area contributed by atoms with Crippen LogP contribution in [-0.2, 0) is 0 Å². The molecule has 0 bridgehead atoms. The fourth-order valence-corrected chi connectivity index (χ4v) is 2.89. The van der Waals surface area contributed by atoms with Crippen LogP contribution in [0.25, 0.3) is 11.0 Å². The van der Waals surface area contributed by atoms with Gasteiger partial charge in [0.05, 0.1) is 6.04 Å². The summed E-state index contributed by atoms with van der Waals surface area (Å²) in [5, 5.41) is 4.05. The molecule has 0 aliphatic rings. The number of furan rings is 1. The van der Waals surface area contributed by atoms with Crippen LogP contribution in [0.4, 0.5) is 4.39 Å². The van der Waals surface area contributed by atoms with Gasteiger partial charge in [0.1, 0.15) is 5.76 Å². The molecule has 0 spiro atoms. The maximum absolute atomic E-state index is 13.6. The van der Waals surface area contributed by atoms with Crippen LogP contribution >= 0.6 is 11.8 Å². The van der Waals surface area contributed by atoms with Crippen LogP contribution in [0.3, 0.4) is 0 Å². The summed E-state index contributed by atoms with van der Waals surface area (Å²) in [6.45, 7) is 2.16. The Hall–Kier alpha value is -1.00. The first kappa shape index (κ1) is 13.4. The quantitative estimate of drug-likeness (QED) is 0.802. The largest absolute Gasteiger partial charge is 0.456 e. The third-order valence-corrected chi connectivity index (χ3v) is 4.11. The fraction of sp³-hybridized carbons (Fsp3) is 0.429. The van der Waals surface area contributed by atoms with Crippen LogP contribution in [0.15, 0.2) is 28.7 Å². The zero-order valence-electron chi connectivity index (χ0n) is 10.7. The van der Waals surface area contributed by atoms with Gasteiger partial charge in [0.25, 0.3) is 0 Å². The van der Waals surface area contributed by atoms with Crippen molar-refractivity contribution in [2.24, 2.45) is 0 Å². The maximum atomic E-state index is 13.6. The van der Waals surface area contributed by atoms with E-state index in [4.69, 9.17) is 4.42 Å². The lowest BCUT2D eigenvalue weighted by Crippen LogP contribution is -2.18. The van der Waals surface area contributed by atoms with Crippen LogP contribution in [0.1, 0.15) is 25.1 Å². The minimum Gasteiger partial charge on any atom is -0.456 e. The zero-order chi connectivity index (χ0) is 13.0. The van der Waals surface area contributed by atoms with E-state index < -0.39 is 0 Å². The van der Waals surface area contributed by atoms with Crippen molar-refractivity contribution in [1.29, 1.82) is 0 Å². The van der Waals surface area contributed by atoms with Crippen molar-refractivity contribution < 1.29 is 8.81 Å². The van der Waals surface area contributed by atoms with Crippen LogP contribution in [0.5, 0.6) is 0 Å². The molecule has 1 N–H and O–H groups in total. The van der Waals surface area contributed by atoms with E-state index in [1.54, 1.807) is 6.07 Å². The average molecular weight is 267 g/mol. The van der Waals surface area contributed by atoms with Crippen molar-refractivity contribution in [3.05, 3.63) is 35.8 Å². The lowest BCUT2D eigenvalue weighted by Gasteiger charge is -2.12. The first-order valence-electron chi connectivity index (χ1n) is 6.19. The van der Waals surface area contributed by atoms with Crippen molar-refractivity contribution in [1.82, 2.24) is 5.32 Å². The average Bonchev–Trinajstić information content (AvgIpc) is 2.80. The molecule has 1 aromatic carbocycles. The highest BCUT2D eigenvalue weighted by molar-refractivity contribution is 7.99. The van der Waals surface area contributed by atoms with Crippen molar-refractivity contribution in [3.8, 4) is 0 Å². The maximum Gasteiger partial charge on any atom is 0.169 e. The molecule has 0 aliphatic heterocycles. The van der Waals surface area contributed by atoms with Gasteiger partial charge in [-0.25, -0.2) is 4.39 Å². The first-order chi connectivity index (χ1) is 8.76. The summed E-state index contributed by atoms with van der Waals surface area (Å²) in [7, 11) is 1.90. The van der Waals surface area contributed by atoms with Gasteiger partial charge in [-0.3, -0.25) is 0 Å². The number of thioether (sulfide) groups is 1. The molecule has 0 aliphatic carbocycles. The molecule has 18 heavy (non-hydrogen) atoms. The van der Waals surface area contributed by atoms with E-state index in [2.05, 4.69) is 12.2 Å². The number of benzene rings is 1. The summed E-state index contributed by atoms with van der Waals surface area (Å²) in [5.41, 5.74) is 0.355. The van der Waals surface area contributed by atoms with Gasteiger partial charge in [-0.1, -0.05) is 19.1 Å². The smallest absolute Gasteiger partial charge is 0.169 e. The highest BCUT2D eigenvalue weighted by Gasteiger charge is 2.15. The molecule has 1 heterocycles. The zero-order valence-corrected chi connectivity index (χ0v) is 11.5. The molecule has 1 aromatic heterocycles. The molecule has 98 valence electrons. The second-order valence-electron chi connectivity index (χ2n) is 4.22. The van der Waals surface area contributed by atoms with E-state index in [0.29, 0.717) is 5.58 Å². The molecule has 0 saturated carbocycles. The van der Waals surface area contributed by atoms with Gasteiger partial charge in [0, 0.05) is 11.1 Å². The highest BCUT2D eigenvalue weighted by Crippen LogP contribution is 2.27. The van der Waals surface area contributed by atoms with Crippen molar-refractivity contribution in [2.75, 3.05) is 18.6 Å². The summed E-state index contributed by atoms with van der Waals surface area (Å²) in [6, 6.07) is 7.06. The van der Waals surface area contributed by atoms with Gasteiger partial charge in [-0.05, 0) is 31.4 Å². The molecule has 0 saturated heterocycles. The van der Waals surface area contributed by atoms with Gasteiger partial charge in [-0.2, -0.15) is 11.8 Å². The second-order valence-corrected chi connectivity index (χ2v) is 5.37. The third kappa shape index (κ3) is 2.87. The Morgan fingerprint density at radius 1 is 1.44 bits per heavy atom. The number of para-hydroxylation sites is 1. The number of rotatable bonds is 6. The molecular formula is C14H18FNOS. The molecule has 0 amide bonds. The Morgan fingerprint density at radius 2 is 2.28 bits per heavy atom. The lowest BCUT2D eigenvalue weighted by molar-refractivity contribution is 0.466. The monoisotopic (exact) mass is 267 g/mol. The van der Waals surface area contributed by atoms with E-state index in [0.717, 1.165) is 29.1 Å². The summed E-state index contributed by atoms with van der Waals surface area (Å²) in [5.74, 6) is 2.58. The third-order valence-electron chi connectivity index (χ3n) is 2.84. The van der Waals surface area contributed by atoms with Gasteiger partial charge in [0.2, 0.25) is 0 Å². The van der Waals surface area contributed by atoms with E-state index in [-0.39, 0.29) is 11.9 Å². The molecule has 2 rings (SSSR count). The minimum absolute atomic E-state index is 0.133. The standard InChI is InChI=1S/C14H18FNOS/c1-3-7-18-9-12(16-2)13-8-10-5-4-6-11(15)14(10)17-13/h4-6,8,12,16H,3,7,9H2,1-2H3. The lowest BCUT2D eigenvalue weighted by atomic mass is 10.2. The summed E-state index contributed by atoms with van der Waals surface area (Å²) < 4.78 is 19.2. The molecule has 0 radical (unpaired) electrons. The van der Waals surface area contributed by atoms with E-state index in [1.807, 2.05) is 30.9 Å². The van der Waals surface area contributed by atoms with E-state index >= 15 is 0 Å². The Kier molecular flexibility index (Phi) is 4.66. The van der Waals surface area contributed by atoms with Gasteiger partial charge < -0.3 is 9.73 Å². The van der Waals surface area contributed by atoms with Crippen molar-refractivity contribution in [3.63, 3.8) is 0 Å². The Morgan fingerprint density at radius 3 is 2.94 bits per heavy atom. The number of hydrogen-bond acceptors (Lipinski definition) is 3. The Balaban J connectivity index is 2.20. The molecule has 2 aromatic rings. The minimum atomic E-state index is -0.296. The van der Waals surface area contributed by atoms with Gasteiger partial charge in [0.15, 0.2) is 11.4 Å². The van der Waals surface area contributed by atoms with Crippen LogP contribution in [-0.4, -0.2) is 18.6 Å². The van der Waals surface area contributed by atoms with Crippen molar-refractivity contribution >= 4 is 22.7 Å². The van der Waals surface area contributed by atoms with Crippen LogP contribution in [0, 0.1) is 5.82 Å².